The lowest BCUT2D eigenvalue weighted by atomic mass is 10.0. The fraction of sp³-hybridized carbons (Fsp3) is 0.412. The van der Waals surface area contributed by atoms with Gasteiger partial charge in [-0.2, -0.15) is 0 Å². The number of anilines is 1. The van der Waals surface area contributed by atoms with E-state index in [2.05, 4.69) is 24.0 Å². The number of hydrogen-bond acceptors (Lipinski definition) is 4. The van der Waals surface area contributed by atoms with E-state index in [1.807, 2.05) is 18.2 Å². The van der Waals surface area contributed by atoms with Gasteiger partial charge in [-0.3, -0.25) is 0 Å². The van der Waals surface area contributed by atoms with Crippen LogP contribution in [0.25, 0.3) is 10.9 Å². The maximum absolute atomic E-state index is 12.0. The van der Waals surface area contributed by atoms with Crippen molar-refractivity contribution in [1.82, 2.24) is 4.98 Å². The number of benzene rings is 1. The van der Waals surface area contributed by atoms with E-state index < -0.39 is 0 Å². The molecule has 1 aliphatic heterocycles. The number of aryl methyl sites for hydroxylation is 1. The highest BCUT2D eigenvalue weighted by molar-refractivity contribution is 5.84. The van der Waals surface area contributed by atoms with Crippen LogP contribution >= 0.6 is 0 Å². The first-order valence-electron chi connectivity index (χ1n) is 7.41. The van der Waals surface area contributed by atoms with Crippen molar-refractivity contribution in [2.24, 2.45) is 0 Å². The minimum Gasteiger partial charge on any atom is -0.467 e. The van der Waals surface area contributed by atoms with Crippen molar-refractivity contribution in [2.45, 2.75) is 32.2 Å². The molecule has 0 amide bonds. The van der Waals surface area contributed by atoms with Gasteiger partial charge in [0, 0.05) is 11.9 Å². The van der Waals surface area contributed by atoms with Crippen LogP contribution in [0.1, 0.15) is 24.8 Å². The smallest absolute Gasteiger partial charge is 0.328 e. The number of methoxy groups -OCH3 is 1. The lowest BCUT2D eigenvalue weighted by Gasteiger charge is -2.35. The highest BCUT2D eigenvalue weighted by atomic mass is 16.5. The molecule has 0 spiro atoms. The normalized spacial score (nSPS) is 18.8. The summed E-state index contributed by atoms with van der Waals surface area (Å²) in [5, 5.41) is 1.13. The Morgan fingerprint density at radius 3 is 2.95 bits per heavy atom. The quantitative estimate of drug-likeness (QED) is 0.795. The minimum absolute atomic E-state index is 0.163. The van der Waals surface area contributed by atoms with Crippen LogP contribution in [-0.4, -0.2) is 30.6 Å². The van der Waals surface area contributed by atoms with E-state index >= 15 is 0 Å². The van der Waals surface area contributed by atoms with Crippen molar-refractivity contribution < 1.29 is 9.53 Å². The van der Waals surface area contributed by atoms with Crippen LogP contribution < -0.4 is 4.90 Å². The molecule has 110 valence electrons. The van der Waals surface area contributed by atoms with Crippen molar-refractivity contribution in [3.8, 4) is 0 Å². The molecule has 0 radical (unpaired) electrons. The topological polar surface area (TPSA) is 42.4 Å². The summed E-state index contributed by atoms with van der Waals surface area (Å²) < 4.78 is 4.96. The van der Waals surface area contributed by atoms with Crippen LogP contribution in [0.3, 0.4) is 0 Å². The second-order valence-electron chi connectivity index (χ2n) is 5.55. The maximum atomic E-state index is 12.0. The highest BCUT2D eigenvalue weighted by Crippen LogP contribution is 2.29. The molecule has 2 aromatic rings. The Hall–Kier alpha value is -2.10. The summed E-state index contributed by atoms with van der Waals surface area (Å²) in [5.41, 5.74) is 2.07. The Labute approximate surface area is 124 Å². The summed E-state index contributed by atoms with van der Waals surface area (Å²) in [6.07, 6.45) is 2.98. The molecule has 4 heteroatoms. The van der Waals surface area contributed by atoms with Gasteiger partial charge in [0.2, 0.25) is 0 Å². The number of ether oxygens (including phenoxy) is 1. The van der Waals surface area contributed by atoms with Gasteiger partial charge in [-0.05, 0) is 43.9 Å². The molecule has 1 aromatic carbocycles. The summed E-state index contributed by atoms with van der Waals surface area (Å²) in [7, 11) is 1.45. The van der Waals surface area contributed by atoms with E-state index in [1.165, 1.54) is 7.11 Å². The number of nitrogens with zero attached hydrogens (tertiary/aromatic N) is 2. The lowest BCUT2D eigenvalue weighted by molar-refractivity contribution is -0.142. The Morgan fingerprint density at radius 2 is 2.14 bits per heavy atom. The molecule has 21 heavy (non-hydrogen) atoms. The van der Waals surface area contributed by atoms with Crippen LogP contribution in [0.15, 0.2) is 30.3 Å². The van der Waals surface area contributed by atoms with Gasteiger partial charge in [0.15, 0.2) is 0 Å². The van der Waals surface area contributed by atoms with Gasteiger partial charge in [0.25, 0.3) is 0 Å². The highest BCUT2D eigenvalue weighted by Gasteiger charge is 2.31. The number of hydrogen-bond donors (Lipinski definition) is 0. The van der Waals surface area contributed by atoms with Gasteiger partial charge >= 0.3 is 5.97 Å². The third-order valence-electron chi connectivity index (χ3n) is 4.14. The summed E-state index contributed by atoms with van der Waals surface area (Å²) >= 11 is 0. The minimum atomic E-state index is -0.212. The number of carbonyl (C=O) groups is 1. The number of para-hydroxylation sites is 1. The molecule has 0 bridgehead atoms. The van der Waals surface area contributed by atoms with Gasteiger partial charge < -0.3 is 9.64 Å². The van der Waals surface area contributed by atoms with Crippen molar-refractivity contribution in [3.05, 3.63) is 35.9 Å². The largest absolute Gasteiger partial charge is 0.467 e. The Balaban J connectivity index is 2.04. The molecular formula is C17H20N2O2. The Kier molecular flexibility index (Phi) is 3.78. The van der Waals surface area contributed by atoms with Crippen LogP contribution in [0.2, 0.25) is 0 Å². The summed E-state index contributed by atoms with van der Waals surface area (Å²) in [4.78, 5) is 18.9. The standard InChI is InChI=1S/C17H20N2O2/c1-12-11-13-7-3-4-8-14(13)18-16(12)19-10-6-5-9-15(19)17(20)21-2/h3-4,7-8,11,15H,5-6,9-10H2,1-2H3. The van der Waals surface area contributed by atoms with E-state index in [0.717, 1.165) is 48.1 Å². The van der Waals surface area contributed by atoms with Gasteiger partial charge in [-0.25, -0.2) is 9.78 Å². The third kappa shape index (κ3) is 2.58. The van der Waals surface area contributed by atoms with Crippen LogP contribution in [0.5, 0.6) is 0 Å². The van der Waals surface area contributed by atoms with Crippen molar-refractivity contribution in [1.29, 1.82) is 0 Å². The Bertz CT molecular complexity index is 669. The van der Waals surface area contributed by atoms with E-state index in [1.54, 1.807) is 0 Å². The van der Waals surface area contributed by atoms with E-state index in [9.17, 15) is 4.79 Å². The molecule has 2 heterocycles. The zero-order valence-electron chi connectivity index (χ0n) is 12.5. The Morgan fingerprint density at radius 1 is 1.33 bits per heavy atom. The predicted octanol–water partition coefficient (Wildman–Crippen LogP) is 3.08. The molecule has 1 unspecified atom stereocenters. The molecule has 1 fully saturated rings. The molecular weight excluding hydrogens is 264 g/mol. The van der Waals surface area contributed by atoms with Crippen LogP contribution in [0.4, 0.5) is 5.82 Å². The maximum Gasteiger partial charge on any atom is 0.328 e. The first kappa shape index (κ1) is 13.9. The number of pyridine rings is 1. The monoisotopic (exact) mass is 284 g/mol. The van der Waals surface area contributed by atoms with Gasteiger partial charge in [-0.1, -0.05) is 18.2 Å². The molecule has 1 aliphatic rings. The molecule has 1 aromatic heterocycles. The zero-order valence-corrected chi connectivity index (χ0v) is 12.5. The first-order valence-corrected chi connectivity index (χ1v) is 7.41. The average molecular weight is 284 g/mol. The van der Waals surface area contributed by atoms with Crippen molar-refractivity contribution >= 4 is 22.7 Å². The van der Waals surface area contributed by atoms with E-state index in [0.29, 0.717) is 0 Å². The second-order valence-corrected chi connectivity index (χ2v) is 5.55. The second kappa shape index (κ2) is 5.72. The van der Waals surface area contributed by atoms with E-state index in [-0.39, 0.29) is 12.0 Å². The molecule has 0 N–H and O–H groups in total. The first-order chi connectivity index (χ1) is 10.2. The number of rotatable bonds is 2. The van der Waals surface area contributed by atoms with Crippen LogP contribution in [-0.2, 0) is 9.53 Å². The summed E-state index contributed by atoms with van der Waals surface area (Å²) in [6.45, 7) is 2.91. The molecule has 4 nitrogen and oxygen atoms in total. The number of aromatic nitrogens is 1. The molecule has 0 aliphatic carbocycles. The fourth-order valence-corrected chi connectivity index (χ4v) is 3.07. The summed E-state index contributed by atoms with van der Waals surface area (Å²) in [6, 6.07) is 10.0. The average Bonchev–Trinajstić information content (AvgIpc) is 2.53. The SMILES string of the molecule is COC(=O)C1CCCCN1c1nc2ccccc2cc1C. The molecule has 1 atom stereocenters. The fourth-order valence-electron chi connectivity index (χ4n) is 3.07. The zero-order chi connectivity index (χ0) is 14.8. The summed E-state index contributed by atoms with van der Waals surface area (Å²) in [5.74, 6) is 0.743. The number of carbonyl (C=O) groups excluding carboxylic acids is 1. The van der Waals surface area contributed by atoms with Gasteiger partial charge in [0.05, 0.1) is 12.6 Å². The number of piperidine rings is 1. The van der Waals surface area contributed by atoms with Crippen molar-refractivity contribution in [2.75, 3.05) is 18.6 Å². The molecule has 0 saturated carbocycles. The molecule has 3 rings (SSSR count). The van der Waals surface area contributed by atoms with Gasteiger partial charge in [-0.15, -0.1) is 0 Å². The van der Waals surface area contributed by atoms with Crippen LogP contribution in [0, 0.1) is 6.92 Å². The van der Waals surface area contributed by atoms with Crippen molar-refractivity contribution in [3.63, 3.8) is 0 Å². The lowest BCUT2D eigenvalue weighted by Crippen LogP contribution is -2.46. The van der Waals surface area contributed by atoms with Gasteiger partial charge in [0.1, 0.15) is 11.9 Å². The van der Waals surface area contributed by atoms with E-state index in [4.69, 9.17) is 9.72 Å². The predicted molar refractivity (Wildman–Crippen MR) is 83.5 cm³/mol. The number of fused-ring (bicyclic) bond motifs is 1. The molecule has 1 saturated heterocycles. The third-order valence-corrected chi connectivity index (χ3v) is 4.14. The number of esters is 1.